The van der Waals surface area contributed by atoms with E-state index in [0.29, 0.717) is 46.4 Å². The molecule has 1 fully saturated rings. The Morgan fingerprint density at radius 1 is 1.10 bits per heavy atom. The van der Waals surface area contributed by atoms with Gasteiger partial charge in [0.25, 0.3) is 5.56 Å². The number of methoxy groups -OCH3 is 1. The Kier molecular flexibility index (Phi) is 9.67. The van der Waals surface area contributed by atoms with E-state index in [1.165, 1.54) is 27.6 Å². The van der Waals surface area contributed by atoms with Crippen molar-refractivity contribution in [1.29, 1.82) is 0 Å². The fourth-order valence-corrected chi connectivity index (χ4v) is 6.15. The van der Waals surface area contributed by atoms with Gasteiger partial charge in [0, 0.05) is 40.5 Å². The number of hydrogen-bond acceptors (Lipinski definition) is 6. The van der Waals surface area contributed by atoms with E-state index >= 15 is 0 Å². The summed E-state index contributed by atoms with van der Waals surface area (Å²) < 4.78 is 6.72. The van der Waals surface area contributed by atoms with Crippen LogP contribution >= 0.6 is 23.4 Å². The van der Waals surface area contributed by atoms with Crippen molar-refractivity contribution in [3.05, 3.63) is 111 Å². The van der Waals surface area contributed by atoms with Crippen molar-refractivity contribution in [2.24, 2.45) is 5.92 Å². The lowest BCUT2D eigenvalue weighted by molar-refractivity contribution is -0.125. The monoisotopic (exact) mass is 602 g/mol. The van der Waals surface area contributed by atoms with Crippen molar-refractivity contribution in [2.75, 3.05) is 20.2 Å². The van der Waals surface area contributed by atoms with Crippen molar-refractivity contribution < 1.29 is 9.53 Å². The van der Waals surface area contributed by atoms with E-state index < -0.39 is 0 Å². The number of ether oxygens (including phenoxy) is 1. The van der Waals surface area contributed by atoms with Crippen LogP contribution in [0.1, 0.15) is 36.0 Å². The molecular formula is C33H35ClN4O3S. The first-order valence-electron chi connectivity index (χ1n) is 14.1. The van der Waals surface area contributed by atoms with Gasteiger partial charge < -0.3 is 15.4 Å². The molecule has 0 spiro atoms. The van der Waals surface area contributed by atoms with Gasteiger partial charge in [-0.3, -0.25) is 9.59 Å². The second-order valence-corrected chi connectivity index (χ2v) is 12.2. The molecule has 0 aliphatic carbocycles. The first-order chi connectivity index (χ1) is 20.3. The van der Waals surface area contributed by atoms with Gasteiger partial charge in [0.1, 0.15) is 10.8 Å². The van der Waals surface area contributed by atoms with Crippen LogP contribution in [-0.4, -0.2) is 41.9 Å². The number of nitrogens with one attached hydrogen (secondary N) is 2. The number of rotatable bonds is 10. The summed E-state index contributed by atoms with van der Waals surface area (Å²) in [6.07, 6.45) is 1.12. The Bertz CT molecular complexity index is 1570. The highest BCUT2D eigenvalue weighted by Crippen LogP contribution is 2.30. The van der Waals surface area contributed by atoms with Crippen molar-refractivity contribution in [3.63, 3.8) is 0 Å². The van der Waals surface area contributed by atoms with Crippen LogP contribution in [0.2, 0.25) is 5.02 Å². The second-order valence-electron chi connectivity index (χ2n) is 10.7. The molecule has 3 aromatic carbocycles. The van der Waals surface area contributed by atoms with Crippen LogP contribution in [0.15, 0.2) is 93.6 Å². The summed E-state index contributed by atoms with van der Waals surface area (Å²) in [5, 5.41) is 12.6. The van der Waals surface area contributed by atoms with Crippen molar-refractivity contribution in [1.82, 2.24) is 20.4 Å². The van der Waals surface area contributed by atoms with Gasteiger partial charge in [-0.15, -0.1) is 0 Å². The summed E-state index contributed by atoms with van der Waals surface area (Å²) in [5.41, 5.74) is 3.49. The summed E-state index contributed by atoms with van der Waals surface area (Å²) in [7, 11) is 1.60. The number of aromatic nitrogens is 2. The van der Waals surface area contributed by atoms with Crippen LogP contribution in [0.3, 0.4) is 0 Å². The Balaban J connectivity index is 1.32. The van der Waals surface area contributed by atoms with E-state index in [9.17, 15) is 9.59 Å². The number of nitrogens with zero attached hydrogens (tertiary/aromatic N) is 2. The minimum absolute atomic E-state index is 0.0439. The standard InChI is InChI=1S/C33H35ClN4O3S/c1-21-4-7-23(8-5-21)29-19-35-20-30(29)32(39)36-22(2)6-9-24-18-31(42-28-16-10-25(34)11-17-28)37-38(33(24)40)26-12-14-27(41-3)15-13-26/h4-5,7-8,10-18,22,29-30,35H,6,9,19-20H2,1-3H3,(H,36,39)/t22-,29-,30+/m1/s1. The first-order valence-corrected chi connectivity index (χ1v) is 15.3. The largest absolute Gasteiger partial charge is 0.497 e. The minimum atomic E-state index is -0.182. The second kappa shape index (κ2) is 13.6. The maximum absolute atomic E-state index is 13.6. The molecule has 5 rings (SSSR count). The molecule has 42 heavy (non-hydrogen) atoms. The van der Waals surface area contributed by atoms with Crippen molar-refractivity contribution >= 4 is 29.3 Å². The number of benzene rings is 3. The molecule has 1 aliphatic rings. The molecule has 1 aromatic heterocycles. The fourth-order valence-electron chi connectivity index (χ4n) is 5.18. The highest BCUT2D eigenvalue weighted by atomic mass is 35.5. The molecule has 218 valence electrons. The summed E-state index contributed by atoms with van der Waals surface area (Å²) in [6.45, 7) is 5.50. The Morgan fingerprint density at radius 2 is 1.81 bits per heavy atom. The lowest BCUT2D eigenvalue weighted by atomic mass is 9.87. The van der Waals surface area contributed by atoms with Crippen LogP contribution in [0.25, 0.3) is 5.69 Å². The smallest absolute Gasteiger partial charge is 0.274 e. The molecule has 4 aromatic rings. The normalized spacial score (nSPS) is 17.1. The molecule has 7 nitrogen and oxygen atoms in total. The van der Waals surface area contributed by atoms with E-state index in [4.69, 9.17) is 16.3 Å². The molecule has 0 saturated carbocycles. The van der Waals surface area contributed by atoms with Crippen molar-refractivity contribution in [2.45, 2.75) is 48.6 Å². The maximum Gasteiger partial charge on any atom is 0.274 e. The van der Waals surface area contributed by atoms with E-state index in [2.05, 4.69) is 46.9 Å². The van der Waals surface area contributed by atoms with Gasteiger partial charge in [-0.1, -0.05) is 53.2 Å². The van der Waals surface area contributed by atoms with E-state index in [-0.39, 0.29) is 29.3 Å². The number of hydrogen-bond donors (Lipinski definition) is 2. The van der Waals surface area contributed by atoms with Crippen LogP contribution in [0, 0.1) is 12.8 Å². The molecule has 1 saturated heterocycles. The third-order valence-corrected chi connectivity index (χ3v) is 8.78. The zero-order valence-corrected chi connectivity index (χ0v) is 25.5. The Morgan fingerprint density at radius 3 is 2.50 bits per heavy atom. The molecule has 0 bridgehead atoms. The van der Waals surface area contributed by atoms with Gasteiger partial charge in [-0.2, -0.15) is 9.78 Å². The number of carbonyl (C=O) groups is 1. The zero-order valence-electron chi connectivity index (χ0n) is 24.0. The fraction of sp³-hybridized carbons (Fsp3) is 0.303. The Labute approximate surface area is 255 Å². The summed E-state index contributed by atoms with van der Waals surface area (Å²) in [4.78, 5) is 27.9. The van der Waals surface area contributed by atoms with Gasteiger partial charge in [-0.25, -0.2) is 0 Å². The third kappa shape index (κ3) is 7.24. The number of carbonyl (C=O) groups excluding carboxylic acids is 1. The first kappa shape index (κ1) is 29.9. The van der Waals surface area contributed by atoms with Gasteiger partial charge in [-0.05, 0) is 86.8 Å². The van der Waals surface area contributed by atoms with E-state index in [1.54, 1.807) is 7.11 Å². The summed E-state index contributed by atoms with van der Waals surface area (Å²) in [5.74, 6) is 0.751. The highest BCUT2D eigenvalue weighted by molar-refractivity contribution is 7.99. The molecule has 1 aliphatic heterocycles. The van der Waals surface area contributed by atoms with Gasteiger partial charge >= 0.3 is 0 Å². The maximum atomic E-state index is 13.6. The molecule has 3 atom stereocenters. The summed E-state index contributed by atoms with van der Waals surface area (Å²) >= 11 is 7.54. The predicted molar refractivity (Wildman–Crippen MR) is 168 cm³/mol. The van der Waals surface area contributed by atoms with Gasteiger partial charge in [0.15, 0.2) is 0 Å². The average Bonchev–Trinajstić information content (AvgIpc) is 3.49. The van der Waals surface area contributed by atoms with E-state index in [0.717, 1.165) is 11.4 Å². The van der Waals surface area contributed by atoms with Crippen LogP contribution < -0.4 is 20.9 Å². The lowest BCUT2D eigenvalue weighted by Crippen LogP contribution is -2.40. The number of aryl methyl sites for hydroxylation is 2. The van der Waals surface area contributed by atoms with Crippen LogP contribution in [0.4, 0.5) is 0 Å². The van der Waals surface area contributed by atoms with Crippen LogP contribution in [-0.2, 0) is 11.2 Å². The minimum Gasteiger partial charge on any atom is -0.497 e. The zero-order chi connectivity index (χ0) is 29.6. The van der Waals surface area contributed by atoms with Gasteiger partial charge in [0.05, 0.1) is 18.7 Å². The SMILES string of the molecule is COc1ccc(-n2nc(Sc3ccc(Cl)cc3)cc(CC[C@@H](C)NC(=O)[C@H]3CNC[C@@H]3c3ccc(C)cc3)c2=O)cc1. The molecule has 0 unspecified atom stereocenters. The molecule has 2 N–H and O–H groups in total. The molecule has 9 heteroatoms. The third-order valence-electron chi connectivity index (χ3n) is 7.61. The topological polar surface area (TPSA) is 85.2 Å². The van der Waals surface area contributed by atoms with Crippen LogP contribution in [0.5, 0.6) is 5.75 Å². The Hall–Kier alpha value is -3.59. The summed E-state index contributed by atoms with van der Waals surface area (Å²) in [6, 6.07) is 24.9. The van der Waals surface area contributed by atoms with Gasteiger partial charge in [0.2, 0.25) is 5.91 Å². The molecule has 2 heterocycles. The quantitative estimate of drug-likeness (QED) is 0.239. The number of halogens is 1. The molecular weight excluding hydrogens is 568 g/mol. The van der Waals surface area contributed by atoms with Crippen molar-refractivity contribution in [3.8, 4) is 11.4 Å². The highest BCUT2D eigenvalue weighted by Gasteiger charge is 2.34. The average molecular weight is 603 g/mol. The molecule has 0 radical (unpaired) electrons. The predicted octanol–water partition coefficient (Wildman–Crippen LogP) is 5.79. The molecule has 1 amide bonds. The number of amides is 1. The lowest BCUT2D eigenvalue weighted by Gasteiger charge is -2.22. The van der Waals surface area contributed by atoms with E-state index in [1.807, 2.05) is 61.5 Å².